The van der Waals surface area contributed by atoms with Gasteiger partial charge in [0.2, 0.25) is 0 Å². The van der Waals surface area contributed by atoms with Crippen LogP contribution in [0.5, 0.6) is 0 Å². The maximum absolute atomic E-state index is 5.69. The predicted octanol–water partition coefficient (Wildman–Crippen LogP) is 3.32. The molecule has 0 spiro atoms. The van der Waals surface area contributed by atoms with E-state index in [1.165, 1.54) is 11.3 Å². The second-order valence-electron chi connectivity index (χ2n) is 4.98. The molecule has 2 aromatic heterocycles. The molecule has 1 aliphatic carbocycles. The van der Waals surface area contributed by atoms with Crippen molar-refractivity contribution in [2.75, 3.05) is 19.5 Å². The normalized spacial score (nSPS) is 17.4. The zero-order valence-corrected chi connectivity index (χ0v) is 12.4. The van der Waals surface area contributed by atoms with Crippen LogP contribution in [0.4, 0.5) is 5.82 Å². The minimum absolute atomic E-state index is 0.254. The molecule has 0 radical (unpaired) electrons. The number of nitrogens with one attached hydrogen (secondary N) is 1. The van der Waals surface area contributed by atoms with E-state index in [2.05, 4.69) is 18.3 Å². The lowest BCUT2D eigenvalue weighted by Crippen LogP contribution is -2.38. The van der Waals surface area contributed by atoms with Crippen molar-refractivity contribution in [3.05, 3.63) is 16.8 Å². The van der Waals surface area contributed by atoms with E-state index < -0.39 is 0 Å². The number of rotatable bonds is 4. The number of hydrogen-bond acceptors (Lipinski definition) is 5. The van der Waals surface area contributed by atoms with E-state index in [4.69, 9.17) is 14.7 Å². The summed E-state index contributed by atoms with van der Waals surface area (Å²) in [5, 5.41) is 4.32. The average molecular weight is 277 g/mol. The molecular formula is C14H19N3OS. The Hall–Kier alpha value is -1.20. The van der Waals surface area contributed by atoms with Crippen molar-refractivity contribution in [1.82, 2.24) is 9.97 Å². The molecule has 2 heterocycles. The Balaban J connectivity index is 2.16. The quantitative estimate of drug-likeness (QED) is 0.931. The summed E-state index contributed by atoms with van der Waals surface area (Å²) in [5.41, 5.74) is -0.254. The molecule has 102 valence electrons. The third kappa shape index (κ3) is 1.92. The zero-order chi connectivity index (χ0) is 13.5. The average Bonchev–Trinajstić information content (AvgIpc) is 2.80. The number of nitrogens with zero attached hydrogens (tertiary/aromatic N) is 2. The monoisotopic (exact) mass is 277 g/mol. The number of hydrogen-bond donors (Lipinski definition) is 1. The van der Waals surface area contributed by atoms with Gasteiger partial charge in [-0.2, -0.15) is 0 Å². The SMILES string of the molecule is CCc1cc2c(NC)nc(C3(OC)CCC3)nc2s1. The maximum Gasteiger partial charge on any atom is 0.164 e. The highest BCUT2D eigenvalue weighted by Gasteiger charge is 2.42. The Morgan fingerprint density at radius 3 is 2.74 bits per heavy atom. The number of ether oxygens (including phenoxy) is 1. The summed E-state index contributed by atoms with van der Waals surface area (Å²) in [6.07, 6.45) is 4.26. The van der Waals surface area contributed by atoms with Crippen LogP contribution in [0.1, 0.15) is 36.9 Å². The Bertz CT molecular complexity index is 598. The van der Waals surface area contributed by atoms with Gasteiger partial charge in [0.1, 0.15) is 16.2 Å². The van der Waals surface area contributed by atoms with Crippen molar-refractivity contribution in [2.24, 2.45) is 0 Å². The first-order chi connectivity index (χ1) is 9.22. The molecule has 1 fully saturated rings. The second-order valence-corrected chi connectivity index (χ2v) is 6.10. The van der Waals surface area contributed by atoms with Crippen LogP contribution in [0.2, 0.25) is 0 Å². The van der Waals surface area contributed by atoms with Crippen LogP contribution in [-0.4, -0.2) is 24.1 Å². The highest BCUT2D eigenvalue weighted by Crippen LogP contribution is 2.44. The molecule has 0 bridgehead atoms. The fourth-order valence-electron chi connectivity index (χ4n) is 2.56. The molecule has 0 aromatic carbocycles. The van der Waals surface area contributed by atoms with Crippen LogP contribution >= 0.6 is 11.3 Å². The van der Waals surface area contributed by atoms with E-state index in [1.54, 1.807) is 18.4 Å². The molecule has 1 aliphatic rings. The summed E-state index contributed by atoms with van der Waals surface area (Å²) in [7, 11) is 3.67. The van der Waals surface area contributed by atoms with E-state index in [9.17, 15) is 0 Å². The van der Waals surface area contributed by atoms with Crippen LogP contribution in [0.25, 0.3) is 10.2 Å². The van der Waals surface area contributed by atoms with Crippen LogP contribution in [-0.2, 0) is 16.8 Å². The number of aryl methyl sites for hydroxylation is 1. The third-order valence-corrected chi connectivity index (χ3v) is 5.16. The lowest BCUT2D eigenvalue weighted by Gasteiger charge is -2.38. The summed E-state index contributed by atoms with van der Waals surface area (Å²) in [6.45, 7) is 2.17. The molecule has 19 heavy (non-hydrogen) atoms. The van der Waals surface area contributed by atoms with Crippen molar-refractivity contribution >= 4 is 27.4 Å². The fraction of sp³-hybridized carbons (Fsp3) is 0.571. The van der Waals surface area contributed by atoms with Gasteiger partial charge in [-0.25, -0.2) is 9.97 Å². The lowest BCUT2D eigenvalue weighted by atomic mass is 9.79. The van der Waals surface area contributed by atoms with Gasteiger partial charge in [-0.15, -0.1) is 11.3 Å². The van der Waals surface area contributed by atoms with Crippen LogP contribution in [0.3, 0.4) is 0 Å². The molecule has 1 saturated carbocycles. The first-order valence-corrected chi connectivity index (χ1v) is 7.58. The topological polar surface area (TPSA) is 47.0 Å². The van der Waals surface area contributed by atoms with Gasteiger partial charge in [-0.1, -0.05) is 6.92 Å². The van der Waals surface area contributed by atoms with Gasteiger partial charge >= 0.3 is 0 Å². The number of anilines is 1. The Kier molecular flexibility index (Phi) is 3.19. The van der Waals surface area contributed by atoms with Crippen LogP contribution in [0.15, 0.2) is 6.07 Å². The Labute approximate surface area is 117 Å². The highest BCUT2D eigenvalue weighted by molar-refractivity contribution is 7.18. The predicted molar refractivity (Wildman–Crippen MR) is 78.9 cm³/mol. The molecule has 1 N–H and O–H groups in total. The van der Waals surface area contributed by atoms with Crippen LogP contribution in [0, 0.1) is 0 Å². The van der Waals surface area contributed by atoms with Crippen molar-refractivity contribution in [3.8, 4) is 0 Å². The second kappa shape index (κ2) is 4.72. The van der Waals surface area contributed by atoms with Crippen molar-refractivity contribution in [2.45, 2.75) is 38.2 Å². The first kappa shape index (κ1) is 12.8. The van der Waals surface area contributed by atoms with Gasteiger partial charge < -0.3 is 10.1 Å². The zero-order valence-electron chi connectivity index (χ0n) is 11.6. The molecule has 2 aromatic rings. The van der Waals surface area contributed by atoms with E-state index >= 15 is 0 Å². The van der Waals surface area contributed by atoms with Gasteiger partial charge in [0, 0.05) is 19.0 Å². The van der Waals surface area contributed by atoms with Gasteiger partial charge in [-0.3, -0.25) is 0 Å². The van der Waals surface area contributed by atoms with E-state index in [0.29, 0.717) is 0 Å². The molecule has 0 atom stereocenters. The summed E-state index contributed by atoms with van der Waals surface area (Å²) in [4.78, 5) is 11.9. The molecule has 0 aliphatic heterocycles. The van der Waals surface area contributed by atoms with E-state index in [-0.39, 0.29) is 5.60 Å². The van der Waals surface area contributed by atoms with Crippen molar-refractivity contribution < 1.29 is 4.74 Å². The summed E-state index contributed by atoms with van der Waals surface area (Å²) in [6, 6.07) is 2.19. The fourth-order valence-corrected chi connectivity index (χ4v) is 3.52. The molecule has 0 unspecified atom stereocenters. The first-order valence-electron chi connectivity index (χ1n) is 6.76. The molecule has 4 nitrogen and oxygen atoms in total. The summed E-state index contributed by atoms with van der Waals surface area (Å²) >= 11 is 1.76. The Morgan fingerprint density at radius 2 is 2.21 bits per heavy atom. The summed E-state index contributed by atoms with van der Waals surface area (Å²) < 4.78 is 5.69. The molecule has 3 rings (SSSR count). The molecule has 0 amide bonds. The highest BCUT2D eigenvalue weighted by atomic mass is 32.1. The number of fused-ring (bicyclic) bond motifs is 1. The standard InChI is InChI=1S/C14H19N3OS/c1-4-9-8-10-11(15-2)16-13(17-12(10)19-9)14(18-3)6-5-7-14/h8H,4-7H2,1-3H3,(H,15,16,17). The van der Waals surface area contributed by atoms with Gasteiger partial charge in [0.05, 0.1) is 5.39 Å². The molecule has 5 heteroatoms. The minimum atomic E-state index is -0.254. The number of methoxy groups -OCH3 is 1. The lowest BCUT2D eigenvalue weighted by molar-refractivity contribution is -0.0842. The molecular weight excluding hydrogens is 258 g/mol. The minimum Gasteiger partial charge on any atom is -0.372 e. The van der Waals surface area contributed by atoms with Gasteiger partial charge in [0.15, 0.2) is 5.82 Å². The van der Waals surface area contributed by atoms with Crippen molar-refractivity contribution in [3.63, 3.8) is 0 Å². The third-order valence-electron chi connectivity index (χ3n) is 3.99. The largest absolute Gasteiger partial charge is 0.372 e. The number of thiophene rings is 1. The molecule has 0 saturated heterocycles. The van der Waals surface area contributed by atoms with E-state index in [0.717, 1.165) is 41.1 Å². The van der Waals surface area contributed by atoms with Crippen molar-refractivity contribution in [1.29, 1.82) is 0 Å². The summed E-state index contributed by atoms with van der Waals surface area (Å²) in [5.74, 6) is 1.75. The number of aromatic nitrogens is 2. The van der Waals surface area contributed by atoms with Gasteiger partial charge in [-0.05, 0) is 31.7 Å². The smallest absolute Gasteiger partial charge is 0.164 e. The van der Waals surface area contributed by atoms with E-state index in [1.807, 2.05) is 7.05 Å². The van der Waals surface area contributed by atoms with Crippen LogP contribution < -0.4 is 5.32 Å². The Morgan fingerprint density at radius 1 is 1.42 bits per heavy atom. The maximum atomic E-state index is 5.69. The van der Waals surface area contributed by atoms with Gasteiger partial charge in [0.25, 0.3) is 0 Å².